The van der Waals surface area contributed by atoms with Crippen LogP contribution in [0.5, 0.6) is 0 Å². The average molecular weight is 183 g/mol. The molecule has 0 unspecified atom stereocenters. The number of fused-ring (bicyclic) bond motifs is 3. The van der Waals surface area contributed by atoms with Crippen molar-refractivity contribution in [1.82, 2.24) is 15.0 Å². The molecular weight excluding hydrogens is 174 g/mol. The summed E-state index contributed by atoms with van der Waals surface area (Å²) < 4.78 is 1.82. The Bertz CT molecular complexity index is 610. The van der Waals surface area contributed by atoms with Gasteiger partial charge in [-0.05, 0) is 11.5 Å². The fourth-order valence-corrected chi connectivity index (χ4v) is 1.82. The van der Waals surface area contributed by atoms with E-state index in [1.807, 2.05) is 29.9 Å². The van der Waals surface area contributed by atoms with Gasteiger partial charge in [0.1, 0.15) is 5.52 Å². The topological polar surface area (TPSA) is 30.7 Å². The molecule has 0 bridgehead atoms. The summed E-state index contributed by atoms with van der Waals surface area (Å²) in [6.07, 6.45) is 0. The Labute approximate surface area is 81.0 Å². The molecule has 0 radical (unpaired) electrons. The molecule has 3 nitrogen and oxygen atoms in total. The zero-order valence-corrected chi connectivity index (χ0v) is 7.81. The van der Waals surface area contributed by atoms with Crippen LogP contribution in [0.1, 0.15) is 0 Å². The fourth-order valence-electron chi connectivity index (χ4n) is 1.82. The quantitative estimate of drug-likeness (QED) is 0.534. The average Bonchev–Trinajstić information content (AvgIpc) is 2.61. The standard InChI is InChI=1S/C11H9N3/c1-14-11-9-5-3-2-4-8(9)6-7-10(11)12-13-14/h2-7H,1H3. The highest BCUT2D eigenvalue weighted by atomic mass is 15.4. The molecular formula is C11H9N3. The molecule has 0 aliphatic rings. The van der Waals surface area contributed by atoms with Crippen LogP contribution >= 0.6 is 0 Å². The first-order chi connectivity index (χ1) is 6.86. The Kier molecular flexibility index (Phi) is 1.36. The van der Waals surface area contributed by atoms with Crippen molar-refractivity contribution >= 4 is 21.8 Å². The van der Waals surface area contributed by atoms with E-state index in [-0.39, 0.29) is 0 Å². The van der Waals surface area contributed by atoms with E-state index < -0.39 is 0 Å². The van der Waals surface area contributed by atoms with E-state index in [4.69, 9.17) is 0 Å². The molecule has 3 rings (SSSR count). The first-order valence-electron chi connectivity index (χ1n) is 4.53. The Balaban J connectivity index is 2.65. The first-order valence-corrected chi connectivity index (χ1v) is 4.53. The lowest BCUT2D eigenvalue weighted by atomic mass is 10.1. The monoisotopic (exact) mass is 183 g/mol. The Morgan fingerprint density at radius 1 is 1.07 bits per heavy atom. The van der Waals surface area contributed by atoms with Crippen LogP contribution in [0, 0.1) is 0 Å². The summed E-state index contributed by atoms with van der Waals surface area (Å²) in [5.74, 6) is 0. The number of aromatic nitrogens is 3. The summed E-state index contributed by atoms with van der Waals surface area (Å²) in [4.78, 5) is 0. The Morgan fingerprint density at radius 2 is 1.93 bits per heavy atom. The van der Waals surface area contributed by atoms with Crippen molar-refractivity contribution < 1.29 is 0 Å². The van der Waals surface area contributed by atoms with Crippen molar-refractivity contribution in [2.45, 2.75) is 0 Å². The van der Waals surface area contributed by atoms with Gasteiger partial charge in [0.15, 0.2) is 0 Å². The van der Waals surface area contributed by atoms with Gasteiger partial charge in [-0.2, -0.15) is 0 Å². The van der Waals surface area contributed by atoms with Gasteiger partial charge >= 0.3 is 0 Å². The van der Waals surface area contributed by atoms with E-state index in [1.54, 1.807) is 0 Å². The fraction of sp³-hybridized carbons (Fsp3) is 0.0909. The zero-order chi connectivity index (χ0) is 9.54. The molecule has 0 spiro atoms. The van der Waals surface area contributed by atoms with Crippen LogP contribution in [0.3, 0.4) is 0 Å². The minimum Gasteiger partial charge on any atom is -0.247 e. The van der Waals surface area contributed by atoms with Crippen molar-refractivity contribution in [3.05, 3.63) is 36.4 Å². The lowest BCUT2D eigenvalue weighted by molar-refractivity contribution is 0.738. The molecule has 3 aromatic rings. The molecule has 68 valence electrons. The number of rotatable bonds is 0. The summed E-state index contributed by atoms with van der Waals surface area (Å²) in [7, 11) is 1.92. The SMILES string of the molecule is Cn1nnc2ccc3ccccc3c21. The minimum atomic E-state index is 0.950. The van der Waals surface area contributed by atoms with Crippen LogP contribution in [0.2, 0.25) is 0 Å². The predicted molar refractivity (Wildman–Crippen MR) is 56.0 cm³/mol. The maximum atomic E-state index is 4.08. The van der Waals surface area contributed by atoms with E-state index in [1.165, 1.54) is 10.8 Å². The Morgan fingerprint density at radius 3 is 2.86 bits per heavy atom. The normalized spacial score (nSPS) is 11.2. The highest BCUT2D eigenvalue weighted by molar-refractivity contribution is 6.03. The third-order valence-corrected chi connectivity index (χ3v) is 2.49. The van der Waals surface area contributed by atoms with Crippen molar-refractivity contribution in [3.8, 4) is 0 Å². The first kappa shape index (κ1) is 7.50. The van der Waals surface area contributed by atoms with Gasteiger partial charge in [0, 0.05) is 12.4 Å². The summed E-state index contributed by atoms with van der Waals surface area (Å²) >= 11 is 0. The molecule has 0 atom stereocenters. The predicted octanol–water partition coefficient (Wildman–Crippen LogP) is 2.12. The molecule has 0 amide bonds. The van der Waals surface area contributed by atoms with Gasteiger partial charge in [-0.3, -0.25) is 0 Å². The number of hydrogen-bond donors (Lipinski definition) is 0. The highest BCUT2D eigenvalue weighted by Crippen LogP contribution is 2.22. The third-order valence-electron chi connectivity index (χ3n) is 2.49. The molecule has 3 heteroatoms. The van der Waals surface area contributed by atoms with E-state index >= 15 is 0 Å². The summed E-state index contributed by atoms with van der Waals surface area (Å²) in [6.45, 7) is 0. The van der Waals surface area contributed by atoms with Gasteiger partial charge in [0.05, 0.1) is 5.52 Å². The molecule has 0 fully saturated rings. The van der Waals surface area contributed by atoms with Gasteiger partial charge < -0.3 is 0 Å². The van der Waals surface area contributed by atoms with Crippen LogP contribution in [0.25, 0.3) is 21.8 Å². The third kappa shape index (κ3) is 0.865. The van der Waals surface area contributed by atoms with Crippen molar-refractivity contribution in [1.29, 1.82) is 0 Å². The van der Waals surface area contributed by atoms with E-state index in [9.17, 15) is 0 Å². The largest absolute Gasteiger partial charge is 0.247 e. The van der Waals surface area contributed by atoms with Crippen molar-refractivity contribution in [3.63, 3.8) is 0 Å². The highest BCUT2D eigenvalue weighted by Gasteiger charge is 2.04. The van der Waals surface area contributed by atoms with Gasteiger partial charge in [0.2, 0.25) is 0 Å². The molecule has 1 heterocycles. The number of hydrogen-bond acceptors (Lipinski definition) is 2. The second kappa shape index (κ2) is 2.54. The zero-order valence-electron chi connectivity index (χ0n) is 7.81. The molecule has 0 aliphatic heterocycles. The van der Waals surface area contributed by atoms with Crippen LogP contribution in [-0.2, 0) is 7.05 Å². The summed E-state index contributed by atoms with van der Waals surface area (Å²) in [5.41, 5.74) is 2.05. The van der Waals surface area contributed by atoms with Crippen molar-refractivity contribution in [2.24, 2.45) is 7.05 Å². The number of benzene rings is 2. The van der Waals surface area contributed by atoms with Crippen LogP contribution in [-0.4, -0.2) is 15.0 Å². The molecule has 1 aromatic heterocycles. The van der Waals surface area contributed by atoms with Crippen LogP contribution in [0.4, 0.5) is 0 Å². The van der Waals surface area contributed by atoms with Crippen LogP contribution in [0.15, 0.2) is 36.4 Å². The minimum absolute atomic E-state index is 0.950. The number of aryl methyl sites for hydroxylation is 1. The molecule has 0 saturated heterocycles. The van der Waals surface area contributed by atoms with Crippen molar-refractivity contribution in [2.75, 3.05) is 0 Å². The van der Waals surface area contributed by atoms with Gasteiger partial charge in [0.25, 0.3) is 0 Å². The molecule has 0 N–H and O–H groups in total. The molecule has 0 aliphatic carbocycles. The van der Waals surface area contributed by atoms with E-state index in [2.05, 4.69) is 28.5 Å². The van der Waals surface area contributed by atoms with Gasteiger partial charge in [-0.25, -0.2) is 4.68 Å². The maximum absolute atomic E-state index is 4.08. The smallest absolute Gasteiger partial charge is 0.113 e. The second-order valence-corrected chi connectivity index (χ2v) is 3.37. The molecule has 14 heavy (non-hydrogen) atoms. The van der Waals surface area contributed by atoms with E-state index in [0.29, 0.717) is 0 Å². The van der Waals surface area contributed by atoms with Gasteiger partial charge in [-0.15, -0.1) is 5.10 Å². The lowest BCUT2D eigenvalue weighted by Gasteiger charge is -1.99. The summed E-state index contributed by atoms with van der Waals surface area (Å²) in [5, 5.41) is 10.5. The van der Waals surface area contributed by atoms with Gasteiger partial charge in [-0.1, -0.05) is 35.5 Å². The van der Waals surface area contributed by atoms with Crippen LogP contribution < -0.4 is 0 Å². The maximum Gasteiger partial charge on any atom is 0.113 e. The molecule has 0 saturated carbocycles. The molecule has 2 aromatic carbocycles. The Hall–Kier alpha value is -1.90. The van der Waals surface area contributed by atoms with E-state index in [0.717, 1.165) is 11.0 Å². The summed E-state index contributed by atoms with van der Waals surface area (Å²) in [6, 6.07) is 12.4. The number of nitrogens with zero attached hydrogens (tertiary/aromatic N) is 3. The second-order valence-electron chi connectivity index (χ2n) is 3.37. The lowest BCUT2D eigenvalue weighted by Crippen LogP contribution is -1.90.